The summed E-state index contributed by atoms with van der Waals surface area (Å²) in [5.74, 6) is 0.129. The lowest BCUT2D eigenvalue weighted by Gasteiger charge is -2.37. The van der Waals surface area contributed by atoms with Gasteiger partial charge in [0.05, 0.1) is 18.1 Å². The largest absolute Gasteiger partial charge is 0.336 e. The molecule has 18 heavy (non-hydrogen) atoms. The normalized spacial score (nSPS) is 18.3. The number of thiophene rings is 1. The highest BCUT2D eigenvalue weighted by atomic mass is 32.1. The Morgan fingerprint density at radius 2 is 2.22 bits per heavy atom. The van der Waals surface area contributed by atoms with E-state index in [1.165, 1.54) is 0 Å². The van der Waals surface area contributed by atoms with Crippen LogP contribution in [0.15, 0.2) is 16.8 Å². The SMILES string of the molecule is C[C@@H](CC#N)N1CCN(C(=O)c2ccsc2)CC1. The highest BCUT2D eigenvalue weighted by molar-refractivity contribution is 7.08. The van der Waals surface area contributed by atoms with Crippen molar-refractivity contribution in [2.24, 2.45) is 0 Å². The van der Waals surface area contributed by atoms with E-state index < -0.39 is 0 Å². The molecule has 0 aliphatic carbocycles. The van der Waals surface area contributed by atoms with Gasteiger partial charge in [-0.25, -0.2) is 0 Å². The molecule has 1 atom stereocenters. The van der Waals surface area contributed by atoms with Gasteiger partial charge < -0.3 is 4.90 Å². The third-order valence-corrected chi connectivity index (χ3v) is 4.06. The Labute approximate surface area is 111 Å². The summed E-state index contributed by atoms with van der Waals surface area (Å²) in [5, 5.41) is 12.5. The number of rotatable bonds is 3. The van der Waals surface area contributed by atoms with Crippen molar-refractivity contribution in [3.63, 3.8) is 0 Å². The molecule has 5 heteroatoms. The first-order chi connectivity index (χ1) is 8.72. The van der Waals surface area contributed by atoms with Gasteiger partial charge in [0, 0.05) is 37.6 Å². The second-order valence-corrected chi connectivity index (χ2v) is 5.33. The van der Waals surface area contributed by atoms with Crippen LogP contribution in [0.3, 0.4) is 0 Å². The Morgan fingerprint density at radius 3 is 2.78 bits per heavy atom. The summed E-state index contributed by atoms with van der Waals surface area (Å²) in [4.78, 5) is 16.3. The maximum atomic E-state index is 12.1. The minimum atomic E-state index is 0.129. The van der Waals surface area contributed by atoms with Crippen molar-refractivity contribution in [1.29, 1.82) is 5.26 Å². The van der Waals surface area contributed by atoms with Crippen LogP contribution in [-0.2, 0) is 0 Å². The highest BCUT2D eigenvalue weighted by Crippen LogP contribution is 2.13. The maximum absolute atomic E-state index is 12.1. The van der Waals surface area contributed by atoms with Gasteiger partial charge in [-0.1, -0.05) is 0 Å². The lowest BCUT2D eigenvalue weighted by molar-refractivity contribution is 0.0586. The molecule has 2 rings (SSSR count). The van der Waals surface area contributed by atoms with E-state index in [4.69, 9.17) is 5.26 Å². The molecule has 0 aromatic carbocycles. The van der Waals surface area contributed by atoms with E-state index in [2.05, 4.69) is 17.9 Å². The minimum absolute atomic E-state index is 0.129. The first-order valence-electron chi connectivity index (χ1n) is 6.15. The Kier molecular flexibility index (Phi) is 4.34. The first kappa shape index (κ1) is 13.1. The van der Waals surface area contributed by atoms with Crippen molar-refractivity contribution in [2.45, 2.75) is 19.4 Å². The predicted octanol–water partition coefficient (Wildman–Crippen LogP) is 1.81. The van der Waals surface area contributed by atoms with Gasteiger partial charge in [0.15, 0.2) is 0 Å². The zero-order valence-electron chi connectivity index (χ0n) is 10.5. The number of nitrogens with zero attached hydrogens (tertiary/aromatic N) is 3. The van der Waals surface area contributed by atoms with Gasteiger partial charge in [-0.2, -0.15) is 16.6 Å². The molecule has 1 saturated heterocycles. The van der Waals surface area contributed by atoms with E-state index in [-0.39, 0.29) is 11.9 Å². The van der Waals surface area contributed by atoms with Crippen LogP contribution in [0.25, 0.3) is 0 Å². The van der Waals surface area contributed by atoms with E-state index in [9.17, 15) is 4.79 Å². The zero-order chi connectivity index (χ0) is 13.0. The van der Waals surface area contributed by atoms with Crippen LogP contribution in [0.4, 0.5) is 0 Å². The van der Waals surface area contributed by atoms with E-state index in [1.54, 1.807) is 11.3 Å². The van der Waals surface area contributed by atoms with E-state index in [0.29, 0.717) is 6.42 Å². The molecular weight excluding hydrogens is 246 g/mol. The van der Waals surface area contributed by atoms with Gasteiger partial charge in [0.2, 0.25) is 0 Å². The summed E-state index contributed by atoms with van der Waals surface area (Å²) in [6, 6.07) is 4.36. The van der Waals surface area contributed by atoms with Crippen molar-refractivity contribution in [3.8, 4) is 6.07 Å². The van der Waals surface area contributed by atoms with Crippen LogP contribution in [-0.4, -0.2) is 47.9 Å². The summed E-state index contributed by atoms with van der Waals surface area (Å²) in [6.45, 7) is 5.30. The smallest absolute Gasteiger partial charge is 0.254 e. The number of hydrogen-bond acceptors (Lipinski definition) is 4. The Balaban J connectivity index is 1.87. The molecular formula is C13H17N3OS. The molecule has 0 unspecified atom stereocenters. The molecule has 1 fully saturated rings. The van der Waals surface area contributed by atoms with Gasteiger partial charge in [-0.05, 0) is 18.4 Å². The van der Waals surface area contributed by atoms with Gasteiger partial charge in [0.1, 0.15) is 0 Å². The average Bonchev–Trinajstić information content (AvgIpc) is 2.92. The molecule has 1 aromatic rings. The van der Waals surface area contributed by atoms with E-state index in [1.807, 2.05) is 21.7 Å². The van der Waals surface area contributed by atoms with Gasteiger partial charge in [-0.15, -0.1) is 0 Å². The van der Waals surface area contributed by atoms with Crippen LogP contribution in [0.1, 0.15) is 23.7 Å². The molecule has 4 nitrogen and oxygen atoms in total. The van der Waals surface area contributed by atoms with Gasteiger partial charge in [0.25, 0.3) is 5.91 Å². The molecule has 1 amide bonds. The quantitative estimate of drug-likeness (QED) is 0.835. The Bertz CT molecular complexity index is 430. The van der Waals surface area contributed by atoms with Gasteiger partial charge in [-0.3, -0.25) is 9.69 Å². The molecule has 0 bridgehead atoms. The van der Waals surface area contributed by atoms with Crippen molar-refractivity contribution < 1.29 is 4.79 Å². The number of nitriles is 1. The zero-order valence-corrected chi connectivity index (χ0v) is 11.3. The van der Waals surface area contributed by atoms with Gasteiger partial charge >= 0.3 is 0 Å². The third-order valence-electron chi connectivity index (χ3n) is 3.38. The van der Waals surface area contributed by atoms with Crippen LogP contribution in [0, 0.1) is 11.3 Å². The van der Waals surface area contributed by atoms with Crippen LogP contribution in [0.5, 0.6) is 0 Å². The lowest BCUT2D eigenvalue weighted by Crippen LogP contribution is -2.51. The number of piperazine rings is 1. The average molecular weight is 263 g/mol. The van der Waals surface area contributed by atoms with Crippen LogP contribution >= 0.6 is 11.3 Å². The summed E-state index contributed by atoms with van der Waals surface area (Å²) in [5.41, 5.74) is 0.790. The molecule has 1 aliphatic rings. The monoisotopic (exact) mass is 263 g/mol. The Morgan fingerprint density at radius 1 is 1.50 bits per heavy atom. The molecule has 1 aliphatic heterocycles. The second kappa shape index (κ2) is 5.98. The molecule has 96 valence electrons. The lowest BCUT2D eigenvalue weighted by atomic mass is 10.1. The Hall–Kier alpha value is -1.38. The molecule has 0 saturated carbocycles. The van der Waals surface area contributed by atoms with E-state index >= 15 is 0 Å². The number of amides is 1. The number of hydrogen-bond donors (Lipinski definition) is 0. The summed E-state index contributed by atoms with van der Waals surface area (Å²) in [6.07, 6.45) is 0.554. The predicted molar refractivity (Wildman–Crippen MR) is 71.5 cm³/mol. The molecule has 2 heterocycles. The van der Waals surface area contributed by atoms with Crippen molar-refractivity contribution in [3.05, 3.63) is 22.4 Å². The third kappa shape index (κ3) is 2.89. The molecule has 0 N–H and O–H groups in total. The van der Waals surface area contributed by atoms with Crippen LogP contribution in [0.2, 0.25) is 0 Å². The number of carbonyl (C=O) groups excluding carboxylic acids is 1. The molecule has 1 aromatic heterocycles. The fraction of sp³-hybridized carbons (Fsp3) is 0.538. The second-order valence-electron chi connectivity index (χ2n) is 4.55. The van der Waals surface area contributed by atoms with Crippen molar-refractivity contribution >= 4 is 17.2 Å². The topological polar surface area (TPSA) is 47.3 Å². The fourth-order valence-electron chi connectivity index (χ4n) is 2.20. The van der Waals surface area contributed by atoms with E-state index in [0.717, 1.165) is 31.7 Å². The standard InChI is InChI=1S/C13H17N3OS/c1-11(2-4-14)15-5-7-16(8-6-15)13(17)12-3-9-18-10-12/h3,9-11H,2,5-8H2,1H3/t11-/m0/s1. The van der Waals surface area contributed by atoms with Crippen LogP contribution < -0.4 is 0 Å². The van der Waals surface area contributed by atoms with Crippen molar-refractivity contribution in [1.82, 2.24) is 9.80 Å². The highest BCUT2D eigenvalue weighted by Gasteiger charge is 2.24. The molecule has 0 radical (unpaired) electrons. The first-order valence-corrected chi connectivity index (χ1v) is 7.09. The number of carbonyl (C=O) groups is 1. The summed E-state index contributed by atoms with van der Waals surface area (Å²) in [7, 11) is 0. The van der Waals surface area contributed by atoms with Crippen molar-refractivity contribution in [2.75, 3.05) is 26.2 Å². The minimum Gasteiger partial charge on any atom is -0.336 e. The molecule has 0 spiro atoms. The maximum Gasteiger partial charge on any atom is 0.254 e. The summed E-state index contributed by atoms with van der Waals surface area (Å²) >= 11 is 1.55. The fourth-order valence-corrected chi connectivity index (χ4v) is 2.83. The summed E-state index contributed by atoms with van der Waals surface area (Å²) < 4.78 is 0.